The Bertz CT molecular complexity index is 1290. The second-order valence-corrected chi connectivity index (χ2v) is 12.1. The van der Waals surface area contributed by atoms with Crippen LogP contribution in [-0.4, -0.2) is 45.7 Å². The Morgan fingerprint density at radius 3 is 2.22 bits per heavy atom. The molecule has 41 heavy (non-hydrogen) atoms. The van der Waals surface area contributed by atoms with Gasteiger partial charge in [-0.2, -0.15) is 0 Å². The summed E-state index contributed by atoms with van der Waals surface area (Å²) in [6, 6.07) is 9.74. The molecule has 1 saturated carbocycles. The largest absolute Gasteiger partial charge is 0.481 e. The number of carboxylic acids is 1. The molecule has 1 heterocycles. The number of carboxylic acid groups (broad SMARTS) is 1. The maximum absolute atomic E-state index is 14.3. The number of carbonyl (C=O) groups is 3. The first-order valence-electron chi connectivity index (χ1n) is 14.4. The molecule has 2 aliphatic rings. The van der Waals surface area contributed by atoms with Gasteiger partial charge in [0.15, 0.2) is 0 Å². The van der Waals surface area contributed by atoms with Crippen molar-refractivity contribution in [2.75, 3.05) is 6.54 Å². The molecule has 1 fully saturated rings. The average Bonchev–Trinajstić information content (AvgIpc) is 3.13. The van der Waals surface area contributed by atoms with E-state index in [1.807, 2.05) is 17.0 Å². The number of amides is 2. The lowest BCUT2D eigenvalue weighted by Crippen LogP contribution is -2.52. The van der Waals surface area contributed by atoms with Crippen molar-refractivity contribution in [1.82, 2.24) is 10.2 Å². The molecule has 220 valence electrons. The smallest absolute Gasteiger partial charge is 0.305 e. The summed E-state index contributed by atoms with van der Waals surface area (Å²) >= 11 is 0. The molecule has 9 heteroatoms. The first-order chi connectivity index (χ1) is 19.4. The second kappa shape index (κ2) is 12.5. The van der Waals surface area contributed by atoms with Crippen molar-refractivity contribution >= 4 is 23.5 Å². The van der Waals surface area contributed by atoms with Crippen LogP contribution in [0.2, 0.25) is 0 Å². The number of nitrogens with zero attached hydrogens (tertiary/aromatic N) is 2. The van der Waals surface area contributed by atoms with Crippen molar-refractivity contribution in [2.45, 2.75) is 77.9 Å². The highest BCUT2D eigenvalue weighted by Crippen LogP contribution is 2.48. The van der Waals surface area contributed by atoms with Crippen LogP contribution in [0.1, 0.15) is 93.7 Å². The molecule has 3 unspecified atom stereocenters. The first-order valence-corrected chi connectivity index (χ1v) is 14.4. The number of halogens is 2. The molecule has 1 aliphatic carbocycles. The Hall–Kier alpha value is -3.62. The maximum Gasteiger partial charge on any atom is 0.305 e. The van der Waals surface area contributed by atoms with Gasteiger partial charge in [-0.15, -0.1) is 0 Å². The van der Waals surface area contributed by atoms with Crippen molar-refractivity contribution in [2.24, 2.45) is 22.7 Å². The number of nitrogens with one attached hydrogen (secondary N) is 1. The summed E-state index contributed by atoms with van der Waals surface area (Å²) in [6.45, 7) is 8.55. The minimum Gasteiger partial charge on any atom is -0.481 e. The van der Waals surface area contributed by atoms with Crippen LogP contribution in [-0.2, 0) is 9.59 Å². The third kappa shape index (κ3) is 7.00. The molecule has 0 bridgehead atoms. The van der Waals surface area contributed by atoms with Gasteiger partial charge in [0.1, 0.15) is 23.0 Å². The number of hydrogen-bond acceptors (Lipinski definition) is 4. The Kier molecular flexibility index (Phi) is 9.24. The standard InChI is InChI=1S/C32H39F2N3O4/c1-19(2)5-10-27(22-6-8-23(9-7-22)30(40)35-12-11-28(38)39)37-31(41)29(24-14-25(33)16-26(34)15-24)36-32(37)17-20(3)13-21(4)18-32/h6-9,14-16,19-21,27H,5,10-13,17-18H2,1-4H3,(H,35,40)(H,38,39). The van der Waals surface area contributed by atoms with Crippen molar-refractivity contribution in [1.29, 1.82) is 0 Å². The number of benzene rings is 2. The highest BCUT2D eigenvalue weighted by Gasteiger charge is 2.53. The van der Waals surface area contributed by atoms with Crippen LogP contribution in [0.5, 0.6) is 0 Å². The molecule has 2 aromatic carbocycles. The van der Waals surface area contributed by atoms with E-state index in [4.69, 9.17) is 10.1 Å². The van der Waals surface area contributed by atoms with Gasteiger partial charge in [0.2, 0.25) is 0 Å². The molecule has 1 aliphatic heterocycles. The van der Waals surface area contributed by atoms with Crippen LogP contribution < -0.4 is 5.32 Å². The van der Waals surface area contributed by atoms with Gasteiger partial charge < -0.3 is 15.3 Å². The SMILES string of the molecule is CC(C)CCC(c1ccc(C(=O)NCCC(=O)O)cc1)N1C(=O)C(c2cc(F)cc(F)c2)=NC12CC(C)CC(C)C2. The van der Waals surface area contributed by atoms with E-state index in [1.165, 1.54) is 0 Å². The predicted octanol–water partition coefficient (Wildman–Crippen LogP) is 6.13. The molecule has 7 nitrogen and oxygen atoms in total. The molecular formula is C32H39F2N3O4. The van der Waals surface area contributed by atoms with E-state index in [1.54, 1.807) is 12.1 Å². The van der Waals surface area contributed by atoms with E-state index in [-0.39, 0.29) is 42.1 Å². The zero-order valence-corrected chi connectivity index (χ0v) is 24.1. The van der Waals surface area contributed by atoms with E-state index in [0.29, 0.717) is 42.6 Å². The predicted molar refractivity (Wildman–Crippen MR) is 152 cm³/mol. The van der Waals surface area contributed by atoms with Crippen LogP contribution in [0.15, 0.2) is 47.5 Å². The van der Waals surface area contributed by atoms with Crippen molar-refractivity contribution < 1.29 is 28.3 Å². The van der Waals surface area contributed by atoms with Crippen LogP contribution >= 0.6 is 0 Å². The fourth-order valence-electron chi connectivity index (χ4n) is 6.44. The fraction of sp³-hybridized carbons (Fsp3) is 0.500. The van der Waals surface area contributed by atoms with E-state index in [2.05, 4.69) is 33.0 Å². The minimum absolute atomic E-state index is 0.0227. The van der Waals surface area contributed by atoms with E-state index in [9.17, 15) is 23.2 Å². The van der Waals surface area contributed by atoms with Crippen LogP contribution in [0, 0.1) is 29.4 Å². The summed E-state index contributed by atoms with van der Waals surface area (Å²) in [5, 5.41) is 11.4. The van der Waals surface area contributed by atoms with Gasteiger partial charge in [-0.1, -0.05) is 39.8 Å². The molecule has 2 aromatic rings. The van der Waals surface area contributed by atoms with Crippen LogP contribution in [0.25, 0.3) is 0 Å². The first kappa shape index (κ1) is 30.3. The Labute approximate surface area is 240 Å². The van der Waals surface area contributed by atoms with Gasteiger partial charge in [0, 0.05) is 23.7 Å². The summed E-state index contributed by atoms with van der Waals surface area (Å²) in [6.07, 6.45) is 3.61. The van der Waals surface area contributed by atoms with E-state index in [0.717, 1.165) is 36.6 Å². The number of aliphatic carboxylic acids is 1. The molecule has 0 aromatic heterocycles. The monoisotopic (exact) mass is 567 g/mol. The van der Waals surface area contributed by atoms with Gasteiger partial charge >= 0.3 is 5.97 Å². The lowest BCUT2D eigenvalue weighted by Gasteiger charge is -2.47. The lowest BCUT2D eigenvalue weighted by atomic mass is 9.75. The second-order valence-electron chi connectivity index (χ2n) is 12.1. The Balaban J connectivity index is 1.74. The van der Waals surface area contributed by atoms with Crippen LogP contribution in [0.4, 0.5) is 8.78 Å². The molecule has 0 saturated heterocycles. The maximum atomic E-state index is 14.3. The quantitative estimate of drug-likeness (QED) is 0.361. The zero-order valence-electron chi connectivity index (χ0n) is 24.1. The lowest BCUT2D eigenvalue weighted by molar-refractivity contribution is -0.137. The van der Waals surface area contributed by atoms with Gasteiger partial charge in [-0.05, 0) is 79.7 Å². The molecule has 2 N–H and O–H groups in total. The van der Waals surface area contributed by atoms with E-state index < -0.39 is 23.3 Å². The number of hydrogen-bond donors (Lipinski definition) is 2. The number of carbonyl (C=O) groups excluding carboxylic acids is 2. The Morgan fingerprint density at radius 2 is 1.66 bits per heavy atom. The number of rotatable bonds is 10. The number of aliphatic imine (C=N–C) groups is 1. The Morgan fingerprint density at radius 1 is 1.05 bits per heavy atom. The summed E-state index contributed by atoms with van der Waals surface area (Å²) in [5.41, 5.74) is 0.593. The van der Waals surface area contributed by atoms with Gasteiger partial charge in [0.05, 0.1) is 12.5 Å². The summed E-state index contributed by atoms with van der Waals surface area (Å²) in [7, 11) is 0. The van der Waals surface area contributed by atoms with Gasteiger partial charge in [-0.3, -0.25) is 19.4 Å². The summed E-state index contributed by atoms with van der Waals surface area (Å²) in [4.78, 5) is 44.5. The minimum atomic E-state index is -0.994. The highest BCUT2D eigenvalue weighted by atomic mass is 19.1. The van der Waals surface area contributed by atoms with Crippen molar-refractivity contribution in [3.05, 3.63) is 70.8 Å². The van der Waals surface area contributed by atoms with Gasteiger partial charge in [-0.25, -0.2) is 8.78 Å². The molecular weight excluding hydrogens is 528 g/mol. The topological polar surface area (TPSA) is 99.1 Å². The van der Waals surface area contributed by atoms with Crippen molar-refractivity contribution in [3.63, 3.8) is 0 Å². The third-order valence-electron chi connectivity index (χ3n) is 7.99. The average molecular weight is 568 g/mol. The molecule has 4 rings (SSSR count). The summed E-state index contributed by atoms with van der Waals surface area (Å²) < 4.78 is 28.5. The molecule has 2 amide bonds. The van der Waals surface area contributed by atoms with Gasteiger partial charge in [0.25, 0.3) is 11.8 Å². The third-order valence-corrected chi connectivity index (χ3v) is 7.99. The normalized spacial score (nSPS) is 23.1. The van der Waals surface area contributed by atoms with Crippen molar-refractivity contribution in [3.8, 4) is 0 Å². The highest BCUT2D eigenvalue weighted by molar-refractivity contribution is 6.46. The molecule has 3 atom stereocenters. The summed E-state index contributed by atoms with van der Waals surface area (Å²) in [5.74, 6) is -2.28. The fourth-order valence-corrected chi connectivity index (χ4v) is 6.44. The van der Waals surface area contributed by atoms with E-state index >= 15 is 0 Å². The van der Waals surface area contributed by atoms with Crippen LogP contribution in [0.3, 0.4) is 0 Å². The zero-order chi connectivity index (χ0) is 29.9. The molecule has 0 radical (unpaired) electrons. The molecule has 1 spiro atoms.